The van der Waals surface area contributed by atoms with Crippen molar-refractivity contribution in [3.05, 3.63) is 41.1 Å². The van der Waals surface area contributed by atoms with Crippen LogP contribution in [0.25, 0.3) is 0 Å². The van der Waals surface area contributed by atoms with E-state index in [4.69, 9.17) is 0 Å². The van der Waals surface area contributed by atoms with Crippen LogP contribution in [0.5, 0.6) is 0 Å². The van der Waals surface area contributed by atoms with Crippen molar-refractivity contribution in [1.82, 2.24) is 14.7 Å². The molecule has 2 heterocycles. The van der Waals surface area contributed by atoms with E-state index < -0.39 is 0 Å². The van der Waals surface area contributed by atoms with Crippen molar-refractivity contribution in [3.63, 3.8) is 0 Å². The molecule has 4 rings (SSSR count). The molecule has 1 saturated heterocycles. The summed E-state index contributed by atoms with van der Waals surface area (Å²) in [6.45, 7) is 4.44. The molecule has 1 aromatic heterocycles. The Balaban J connectivity index is 1.35. The van der Waals surface area contributed by atoms with Crippen LogP contribution in [-0.2, 0) is 0 Å². The van der Waals surface area contributed by atoms with E-state index in [1.807, 2.05) is 12.3 Å². The van der Waals surface area contributed by atoms with Gasteiger partial charge in [0.2, 0.25) is 0 Å². The van der Waals surface area contributed by atoms with E-state index in [1.165, 1.54) is 15.8 Å². The average Bonchev–Trinajstić information content (AvgIpc) is 3.05. The topological polar surface area (TPSA) is 36.3 Å². The second-order valence-electron chi connectivity index (χ2n) is 6.91. The van der Waals surface area contributed by atoms with Crippen molar-refractivity contribution in [2.75, 3.05) is 43.4 Å². The first kappa shape index (κ1) is 16.0. The summed E-state index contributed by atoms with van der Waals surface area (Å²) < 4.78 is 3.25. The molecule has 5 nitrogen and oxygen atoms in total. The minimum Gasteiger partial charge on any atom is -0.382 e. The average molecular weight is 390 g/mol. The summed E-state index contributed by atoms with van der Waals surface area (Å²) in [4.78, 5) is 4.85. The van der Waals surface area contributed by atoms with Gasteiger partial charge in [-0.25, -0.2) is 0 Å². The monoisotopic (exact) mass is 389 g/mol. The molecule has 0 unspecified atom stereocenters. The molecule has 24 heavy (non-hydrogen) atoms. The van der Waals surface area contributed by atoms with Crippen LogP contribution in [0, 0.1) is 0 Å². The van der Waals surface area contributed by atoms with Gasteiger partial charge in [0.1, 0.15) is 0 Å². The SMILES string of the molecule is CN1CCN(c2ccc(NC3CC(n4cccn4)C3)cc2Br)CC1. The van der Waals surface area contributed by atoms with Crippen LogP contribution < -0.4 is 10.2 Å². The van der Waals surface area contributed by atoms with Gasteiger partial charge in [0.15, 0.2) is 0 Å². The van der Waals surface area contributed by atoms with Crippen molar-refractivity contribution in [2.45, 2.75) is 24.9 Å². The van der Waals surface area contributed by atoms with Gasteiger partial charge < -0.3 is 15.1 Å². The Hall–Kier alpha value is -1.53. The number of hydrogen-bond donors (Lipinski definition) is 1. The molecule has 0 atom stereocenters. The highest BCUT2D eigenvalue weighted by molar-refractivity contribution is 9.10. The summed E-state index contributed by atoms with van der Waals surface area (Å²) in [7, 11) is 2.19. The van der Waals surface area contributed by atoms with Crippen molar-refractivity contribution >= 4 is 27.3 Å². The molecule has 6 heteroatoms. The van der Waals surface area contributed by atoms with E-state index >= 15 is 0 Å². The first-order valence-corrected chi connectivity index (χ1v) is 9.47. The maximum Gasteiger partial charge on any atom is 0.0558 e. The third kappa shape index (κ3) is 3.30. The third-order valence-electron chi connectivity index (χ3n) is 5.17. The molecule has 0 radical (unpaired) electrons. The Labute approximate surface area is 151 Å². The number of nitrogens with one attached hydrogen (secondary N) is 1. The lowest BCUT2D eigenvalue weighted by atomic mass is 9.86. The highest BCUT2D eigenvalue weighted by Gasteiger charge is 2.30. The Morgan fingerprint density at radius 2 is 1.96 bits per heavy atom. The Kier molecular flexibility index (Phi) is 4.50. The van der Waals surface area contributed by atoms with E-state index in [0.717, 1.165) is 39.0 Å². The second kappa shape index (κ2) is 6.76. The number of anilines is 2. The van der Waals surface area contributed by atoms with Crippen molar-refractivity contribution < 1.29 is 0 Å². The van der Waals surface area contributed by atoms with Crippen molar-refractivity contribution in [1.29, 1.82) is 0 Å². The minimum atomic E-state index is 0.542. The minimum absolute atomic E-state index is 0.542. The fourth-order valence-electron chi connectivity index (χ4n) is 3.55. The highest BCUT2D eigenvalue weighted by Crippen LogP contribution is 2.35. The molecule has 2 aliphatic rings. The number of nitrogens with zero attached hydrogens (tertiary/aromatic N) is 4. The van der Waals surface area contributed by atoms with Gasteiger partial charge in [-0.1, -0.05) is 0 Å². The molecule has 0 bridgehead atoms. The van der Waals surface area contributed by atoms with Gasteiger partial charge in [0.25, 0.3) is 0 Å². The molecular weight excluding hydrogens is 366 g/mol. The maximum absolute atomic E-state index is 4.33. The smallest absolute Gasteiger partial charge is 0.0558 e. The van der Waals surface area contributed by atoms with Gasteiger partial charge in [-0.3, -0.25) is 4.68 Å². The van der Waals surface area contributed by atoms with E-state index in [0.29, 0.717) is 12.1 Å². The number of piperazine rings is 1. The van der Waals surface area contributed by atoms with Crippen molar-refractivity contribution in [2.24, 2.45) is 0 Å². The van der Waals surface area contributed by atoms with Crippen LogP contribution in [0.15, 0.2) is 41.1 Å². The van der Waals surface area contributed by atoms with E-state index in [2.05, 4.69) is 72.3 Å². The zero-order valence-electron chi connectivity index (χ0n) is 14.0. The Bertz CT molecular complexity index is 673. The number of likely N-dealkylation sites (N-methyl/N-ethyl adjacent to an activating group) is 1. The number of hydrogen-bond acceptors (Lipinski definition) is 4. The molecule has 0 spiro atoms. The molecule has 2 aromatic rings. The first-order valence-electron chi connectivity index (χ1n) is 8.68. The predicted molar refractivity (Wildman–Crippen MR) is 102 cm³/mol. The van der Waals surface area contributed by atoms with Crippen LogP contribution in [0.2, 0.25) is 0 Å². The van der Waals surface area contributed by atoms with Crippen LogP contribution in [0.3, 0.4) is 0 Å². The molecule has 1 aliphatic carbocycles. The van der Waals surface area contributed by atoms with Crippen LogP contribution in [0.1, 0.15) is 18.9 Å². The largest absolute Gasteiger partial charge is 0.382 e. The van der Waals surface area contributed by atoms with Crippen LogP contribution >= 0.6 is 15.9 Å². The maximum atomic E-state index is 4.33. The van der Waals surface area contributed by atoms with Gasteiger partial charge in [0.05, 0.1) is 11.7 Å². The summed E-state index contributed by atoms with van der Waals surface area (Å²) in [6, 6.07) is 9.75. The van der Waals surface area contributed by atoms with Crippen LogP contribution in [-0.4, -0.2) is 53.9 Å². The summed E-state index contributed by atoms with van der Waals surface area (Å²) in [5.41, 5.74) is 2.50. The zero-order chi connectivity index (χ0) is 16.5. The number of rotatable bonds is 4. The summed E-state index contributed by atoms with van der Waals surface area (Å²) in [5.74, 6) is 0. The van der Waals surface area contributed by atoms with Gasteiger partial charge >= 0.3 is 0 Å². The molecule has 1 aromatic carbocycles. The standard InChI is InChI=1S/C18H24BrN5/c1-22-7-9-23(10-8-22)18-4-3-14(13-17(18)19)21-15-11-16(12-15)24-6-2-5-20-24/h2-6,13,15-16,21H,7-12H2,1H3. The fraction of sp³-hybridized carbons (Fsp3) is 0.500. The summed E-state index contributed by atoms with van der Waals surface area (Å²) >= 11 is 3.76. The quantitative estimate of drug-likeness (QED) is 0.870. The van der Waals surface area contributed by atoms with E-state index in [-0.39, 0.29) is 0 Å². The fourth-order valence-corrected chi connectivity index (χ4v) is 4.18. The van der Waals surface area contributed by atoms with Gasteiger partial charge in [-0.15, -0.1) is 0 Å². The lowest BCUT2D eigenvalue weighted by Crippen LogP contribution is -2.44. The summed E-state index contributed by atoms with van der Waals surface area (Å²) in [6.07, 6.45) is 6.19. The lowest BCUT2D eigenvalue weighted by molar-refractivity contribution is 0.262. The number of halogens is 1. The zero-order valence-corrected chi connectivity index (χ0v) is 15.6. The third-order valence-corrected chi connectivity index (χ3v) is 5.81. The lowest BCUT2D eigenvalue weighted by Gasteiger charge is -2.37. The van der Waals surface area contributed by atoms with Crippen LogP contribution in [0.4, 0.5) is 11.4 Å². The molecular formula is C18H24BrN5. The van der Waals surface area contributed by atoms with E-state index in [1.54, 1.807) is 0 Å². The van der Waals surface area contributed by atoms with Gasteiger partial charge in [0, 0.05) is 54.8 Å². The molecule has 1 saturated carbocycles. The highest BCUT2D eigenvalue weighted by atomic mass is 79.9. The summed E-state index contributed by atoms with van der Waals surface area (Å²) in [5, 5.41) is 7.99. The predicted octanol–water partition coefficient (Wildman–Crippen LogP) is 3.21. The van der Waals surface area contributed by atoms with E-state index in [9.17, 15) is 0 Å². The molecule has 1 N–H and O–H groups in total. The molecule has 1 aliphatic heterocycles. The Morgan fingerprint density at radius 3 is 2.62 bits per heavy atom. The first-order chi connectivity index (χ1) is 11.7. The second-order valence-corrected chi connectivity index (χ2v) is 7.76. The molecule has 128 valence electrons. The van der Waals surface area contributed by atoms with Gasteiger partial charge in [-0.05, 0) is 60.1 Å². The van der Waals surface area contributed by atoms with Gasteiger partial charge in [-0.2, -0.15) is 5.10 Å². The van der Waals surface area contributed by atoms with Crippen molar-refractivity contribution in [3.8, 4) is 0 Å². The Morgan fingerprint density at radius 1 is 1.17 bits per heavy atom. The molecule has 0 amide bonds. The number of benzene rings is 1. The number of aromatic nitrogens is 2. The normalized spacial score (nSPS) is 24.7. The molecule has 2 fully saturated rings.